The Hall–Kier alpha value is -3.60. The lowest BCUT2D eigenvalue weighted by molar-refractivity contribution is -0.144. The van der Waals surface area contributed by atoms with Crippen molar-refractivity contribution in [3.05, 3.63) is 75.9 Å². The lowest BCUT2D eigenvalue weighted by atomic mass is 9.99. The van der Waals surface area contributed by atoms with Gasteiger partial charge in [-0.3, -0.25) is 4.79 Å². The lowest BCUT2D eigenvalue weighted by Gasteiger charge is -2.26. The number of amides is 1. The molecule has 1 aliphatic rings. The number of carbonyl (C=O) groups excluding carboxylic acids is 1. The van der Waals surface area contributed by atoms with Crippen LogP contribution in [0.15, 0.2) is 42.5 Å². The molecule has 2 aromatic carbocycles. The molecule has 0 aliphatic carbocycles. The third-order valence-electron chi connectivity index (χ3n) is 6.01. The molecule has 0 bridgehead atoms. The van der Waals surface area contributed by atoms with Crippen LogP contribution in [0.4, 0.5) is 22.0 Å². The molecule has 5 nitrogen and oxygen atoms in total. The van der Waals surface area contributed by atoms with Gasteiger partial charge in [0.2, 0.25) is 5.82 Å². The van der Waals surface area contributed by atoms with E-state index in [1.165, 1.54) is 0 Å². The van der Waals surface area contributed by atoms with Crippen LogP contribution < -0.4 is 10.1 Å². The van der Waals surface area contributed by atoms with Crippen molar-refractivity contribution < 1.29 is 31.5 Å². The summed E-state index contributed by atoms with van der Waals surface area (Å²) in [4.78, 5) is 21.1. The lowest BCUT2D eigenvalue weighted by Crippen LogP contribution is -2.32. The van der Waals surface area contributed by atoms with Gasteiger partial charge in [-0.25, -0.2) is 18.7 Å². The van der Waals surface area contributed by atoms with Crippen LogP contribution in [0.25, 0.3) is 21.5 Å². The zero-order chi connectivity index (χ0) is 26.5. The van der Waals surface area contributed by atoms with Crippen molar-refractivity contribution in [3.63, 3.8) is 0 Å². The van der Waals surface area contributed by atoms with Crippen molar-refractivity contribution in [1.82, 2.24) is 15.3 Å². The number of rotatable bonds is 4. The van der Waals surface area contributed by atoms with Crippen molar-refractivity contribution in [2.45, 2.75) is 38.4 Å². The number of aromatic nitrogens is 2. The molecule has 1 aliphatic heterocycles. The smallest absolute Gasteiger partial charge is 0.451 e. The third kappa shape index (κ3) is 4.75. The number of ether oxygens (including phenoxy) is 1. The molecule has 0 saturated heterocycles. The maximum Gasteiger partial charge on any atom is 0.451 e. The molecule has 0 spiro atoms. The number of nitrogens with zero attached hydrogens (tertiary/aromatic N) is 2. The number of para-hydroxylation sites is 1. The van der Waals surface area contributed by atoms with E-state index in [0.717, 1.165) is 29.0 Å². The number of carbonyl (C=O) groups is 1. The summed E-state index contributed by atoms with van der Waals surface area (Å²) in [5.74, 6) is -3.61. The minimum absolute atomic E-state index is 0.0699. The van der Waals surface area contributed by atoms with Crippen LogP contribution in [0.1, 0.15) is 58.9 Å². The van der Waals surface area contributed by atoms with Crippen LogP contribution >= 0.6 is 11.3 Å². The fourth-order valence-corrected chi connectivity index (χ4v) is 5.74. The molecule has 3 heterocycles. The van der Waals surface area contributed by atoms with E-state index in [-0.39, 0.29) is 38.3 Å². The predicted molar refractivity (Wildman–Crippen MR) is 129 cm³/mol. The molecule has 0 saturated carbocycles. The maximum atomic E-state index is 14.0. The zero-order valence-electron chi connectivity index (χ0n) is 19.6. The largest absolute Gasteiger partial charge is 0.493 e. The van der Waals surface area contributed by atoms with E-state index in [2.05, 4.69) is 15.3 Å². The molecule has 1 amide bonds. The SMILES string of the molecule is CC(C)c1c(C(=O)N[C@H]2CCOc3ccccc32)sc2c(-c3cc(F)cc(F)c3)nc(C(F)(F)F)nc12. The first-order valence-electron chi connectivity index (χ1n) is 11.4. The Morgan fingerprint density at radius 1 is 1.11 bits per heavy atom. The molecule has 0 radical (unpaired) electrons. The average Bonchev–Trinajstić information content (AvgIpc) is 3.23. The molecule has 11 heteroatoms. The standard InChI is InChI=1S/C26H20F5N3O2S/c1-12(2)19-21-23(20(33-25(34-21)26(29,30)31)13-9-14(27)11-15(28)10-13)37-22(19)24(35)32-17-7-8-36-18-6-4-3-5-16(17)18/h3-6,9-12,17H,7-8H2,1-2H3,(H,32,35)/t17-/m0/s1. The Bertz CT molecular complexity index is 1500. The number of nitrogens with one attached hydrogen (secondary N) is 1. The van der Waals surface area contributed by atoms with Gasteiger partial charge in [-0.1, -0.05) is 32.0 Å². The van der Waals surface area contributed by atoms with E-state index in [4.69, 9.17) is 4.74 Å². The molecular formula is C26H20F5N3O2S. The first kappa shape index (κ1) is 25.1. The van der Waals surface area contributed by atoms with E-state index in [1.54, 1.807) is 19.9 Å². The molecule has 0 fully saturated rings. The Kier molecular flexibility index (Phi) is 6.35. The van der Waals surface area contributed by atoms with Crippen LogP contribution in [0.2, 0.25) is 0 Å². The van der Waals surface area contributed by atoms with Crippen molar-refractivity contribution in [3.8, 4) is 17.0 Å². The summed E-state index contributed by atoms with van der Waals surface area (Å²) in [6, 6.07) is 9.33. The van der Waals surface area contributed by atoms with Crippen LogP contribution in [0.5, 0.6) is 5.75 Å². The van der Waals surface area contributed by atoms with Crippen molar-refractivity contribution in [1.29, 1.82) is 0 Å². The monoisotopic (exact) mass is 533 g/mol. The van der Waals surface area contributed by atoms with Gasteiger partial charge in [-0.2, -0.15) is 13.2 Å². The molecule has 1 N–H and O–H groups in total. The van der Waals surface area contributed by atoms with Gasteiger partial charge in [0.05, 0.1) is 33.4 Å². The van der Waals surface area contributed by atoms with E-state index in [0.29, 0.717) is 30.4 Å². The second-order valence-corrected chi connectivity index (χ2v) is 9.95. The zero-order valence-corrected chi connectivity index (χ0v) is 20.4. The van der Waals surface area contributed by atoms with Gasteiger partial charge in [-0.15, -0.1) is 11.3 Å². The van der Waals surface area contributed by atoms with Gasteiger partial charge in [-0.05, 0) is 24.1 Å². The van der Waals surface area contributed by atoms with Crippen molar-refractivity contribution in [2.24, 2.45) is 0 Å². The van der Waals surface area contributed by atoms with Crippen LogP contribution in [0.3, 0.4) is 0 Å². The average molecular weight is 534 g/mol. The van der Waals surface area contributed by atoms with Gasteiger partial charge in [0.15, 0.2) is 0 Å². The van der Waals surface area contributed by atoms with Gasteiger partial charge in [0.1, 0.15) is 17.4 Å². The van der Waals surface area contributed by atoms with Crippen LogP contribution in [-0.2, 0) is 6.18 Å². The highest BCUT2D eigenvalue weighted by Gasteiger charge is 2.37. The van der Waals surface area contributed by atoms with Crippen molar-refractivity contribution in [2.75, 3.05) is 6.61 Å². The summed E-state index contributed by atoms with van der Waals surface area (Å²) in [5, 5.41) is 2.97. The highest BCUT2D eigenvalue weighted by atomic mass is 32.1. The fourth-order valence-electron chi connectivity index (χ4n) is 4.43. The summed E-state index contributed by atoms with van der Waals surface area (Å²) >= 11 is 0.902. The normalized spacial score (nSPS) is 15.5. The Morgan fingerprint density at radius 2 is 1.81 bits per heavy atom. The summed E-state index contributed by atoms with van der Waals surface area (Å²) in [6.45, 7) is 3.86. The first-order chi connectivity index (χ1) is 17.5. The Morgan fingerprint density at radius 3 is 2.49 bits per heavy atom. The number of hydrogen-bond acceptors (Lipinski definition) is 5. The molecular weight excluding hydrogens is 513 g/mol. The number of thiophene rings is 1. The minimum Gasteiger partial charge on any atom is -0.493 e. The van der Waals surface area contributed by atoms with Gasteiger partial charge in [0, 0.05) is 29.2 Å². The number of halogens is 5. The molecule has 1 atom stereocenters. The molecule has 2 aromatic heterocycles. The molecule has 37 heavy (non-hydrogen) atoms. The Balaban J connectivity index is 1.68. The highest BCUT2D eigenvalue weighted by molar-refractivity contribution is 7.21. The Labute approximate surface area is 212 Å². The number of benzene rings is 2. The summed E-state index contributed by atoms with van der Waals surface area (Å²) in [5.41, 5.74) is 0.558. The second-order valence-electron chi connectivity index (χ2n) is 8.93. The van der Waals surface area contributed by atoms with Crippen LogP contribution in [-0.4, -0.2) is 22.5 Å². The molecule has 192 valence electrons. The van der Waals surface area contributed by atoms with Gasteiger partial charge in [0.25, 0.3) is 5.91 Å². The van der Waals surface area contributed by atoms with E-state index < -0.39 is 29.5 Å². The minimum atomic E-state index is -4.92. The maximum absolute atomic E-state index is 14.0. The van der Waals surface area contributed by atoms with E-state index in [1.807, 2.05) is 18.2 Å². The quantitative estimate of drug-likeness (QED) is 0.286. The van der Waals surface area contributed by atoms with Crippen LogP contribution in [0, 0.1) is 11.6 Å². The van der Waals surface area contributed by atoms with E-state index >= 15 is 0 Å². The first-order valence-corrected chi connectivity index (χ1v) is 12.2. The summed E-state index contributed by atoms with van der Waals surface area (Å²) < 4.78 is 75.0. The predicted octanol–water partition coefficient (Wildman–Crippen LogP) is 7.03. The summed E-state index contributed by atoms with van der Waals surface area (Å²) in [7, 11) is 0. The molecule has 0 unspecified atom stereocenters. The number of hydrogen-bond donors (Lipinski definition) is 1. The van der Waals surface area contributed by atoms with Gasteiger partial charge < -0.3 is 10.1 Å². The second kappa shape index (κ2) is 9.37. The fraction of sp³-hybridized carbons (Fsp3) is 0.269. The number of fused-ring (bicyclic) bond motifs is 2. The summed E-state index contributed by atoms with van der Waals surface area (Å²) in [6.07, 6.45) is -4.41. The molecule has 5 rings (SSSR count). The molecule has 4 aromatic rings. The van der Waals surface area contributed by atoms with E-state index in [9.17, 15) is 26.7 Å². The third-order valence-corrected chi connectivity index (χ3v) is 7.21. The number of alkyl halides is 3. The topological polar surface area (TPSA) is 64.1 Å². The highest BCUT2D eigenvalue weighted by Crippen LogP contribution is 2.42. The van der Waals surface area contributed by atoms with Crippen molar-refractivity contribution >= 4 is 27.5 Å². The van der Waals surface area contributed by atoms with Gasteiger partial charge >= 0.3 is 6.18 Å².